The Morgan fingerprint density at radius 1 is 1.46 bits per heavy atom. The number of nitriles is 2. The van der Waals surface area contributed by atoms with Crippen molar-refractivity contribution in [2.24, 2.45) is 5.92 Å². The SMILES string of the molecule is N#CC(C#N)C(=O)c1ccc(Br)o1. The van der Waals surface area contributed by atoms with Gasteiger partial charge in [0.15, 0.2) is 16.3 Å². The fourth-order valence-corrected chi connectivity index (χ4v) is 1.04. The van der Waals surface area contributed by atoms with Crippen LogP contribution < -0.4 is 0 Å². The van der Waals surface area contributed by atoms with Crippen molar-refractivity contribution < 1.29 is 9.21 Å². The highest BCUT2D eigenvalue weighted by atomic mass is 79.9. The van der Waals surface area contributed by atoms with E-state index in [1.165, 1.54) is 12.1 Å². The Morgan fingerprint density at radius 3 is 2.46 bits per heavy atom. The molecule has 0 bridgehead atoms. The quantitative estimate of drug-likeness (QED) is 0.738. The predicted octanol–water partition coefficient (Wildman–Crippen LogP) is 1.89. The second kappa shape index (κ2) is 3.88. The van der Waals surface area contributed by atoms with Gasteiger partial charge in [0, 0.05) is 0 Å². The van der Waals surface area contributed by atoms with E-state index in [4.69, 9.17) is 14.9 Å². The number of carbonyl (C=O) groups is 1. The molecule has 0 atom stereocenters. The molecule has 1 aromatic heterocycles. The molecule has 0 spiro atoms. The molecule has 0 fully saturated rings. The predicted molar refractivity (Wildman–Crippen MR) is 45.5 cm³/mol. The smallest absolute Gasteiger partial charge is 0.229 e. The lowest BCUT2D eigenvalue weighted by atomic mass is 10.1. The van der Waals surface area contributed by atoms with Crippen molar-refractivity contribution in [3.8, 4) is 12.1 Å². The van der Waals surface area contributed by atoms with Crippen LogP contribution in [0.1, 0.15) is 10.6 Å². The Bertz CT molecular complexity index is 397. The standard InChI is InChI=1S/C8H3BrN2O2/c9-7-2-1-6(13-7)8(12)5(3-10)4-11/h1-2,5H. The molecule has 64 valence electrons. The van der Waals surface area contributed by atoms with Crippen molar-refractivity contribution in [2.45, 2.75) is 0 Å². The molecule has 0 radical (unpaired) electrons. The van der Waals surface area contributed by atoms with Gasteiger partial charge >= 0.3 is 0 Å². The summed E-state index contributed by atoms with van der Waals surface area (Å²) in [5.74, 6) is -1.89. The zero-order valence-electron chi connectivity index (χ0n) is 6.32. The fourth-order valence-electron chi connectivity index (χ4n) is 0.735. The topological polar surface area (TPSA) is 77.8 Å². The van der Waals surface area contributed by atoms with Crippen LogP contribution in [0.2, 0.25) is 0 Å². The van der Waals surface area contributed by atoms with Gasteiger partial charge in [-0.2, -0.15) is 10.5 Å². The zero-order chi connectivity index (χ0) is 9.84. The van der Waals surface area contributed by atoms with Gasteiger partial charge in [-0.3, -0.25) is 4.79 Å². The zero-order valence-corrected chi connectivity index (χ0v) is 7.91. The minimum Gasteiger partial charge on any atom is -0.446 e. The molecule has 4 nitrogen and oxygen atoms in total. The molecule has 0 saturated carbocycles. The summed E-state index contributed by atoms with van der Waals surface area (Å²) in [6.45, 7) is 0. The van der Waals surface area contributed by atoms with Gasteiger partial charge < -0.3 is 4.42 Å². The number of nitrogens with zero attached hydrogens (tertiary/aromatic N) is 2. The Morgan fingerprint density at radius 2 is 2.08 bits per heavy atom. The maximum Gasteiger partial charge on any atom is 0.229 e. The van der Waals surface area contributed by atoms with Crippen molar-refractivity contribution in [3.63, 3.8) is 0 Å². The fraction of sp³-hybridized carbons (Fsp3) is 0.125. The van der Waals surface area contributed by atoms with E-state index in [9.17, 15) is 4.79 Å². The number of hydrogen-bond acceptors (Lipinski definition) is 4. The van der Waals surface area contributed by atoms with E-state index in [2.05, 4.69) is 15.9 Å². The van der Waals surface area contributed by atoms with Gasteiger partial charge in [0.25, 0.3) is 0 Å². The Labute approximate surface area is 82.5 Å². The highest BCUT2D eigenvalue weighted by Gasteiger charge is 2.21. The second-order valence-corrected chi connectivity index (χ2v) is 2.94. The van der Waals surface area contributed by atoms with Crippen molar-refractivity contribution >= 4 is 21.7 Å². The molecule has 0 aliphatic heterocycles. The average molecular weight is 239 g/mol. The first kappa shape index (κ1) is 9.50. The summed E-state index contributed by atoms with van der Waals surface area (Å²) >= 11 is 3.01. The van der Waals surface area contributed by atoms with Crippen LogP contribution in [0.15, 0.2) is 21.2 Å². The van der Waals surface area contributed by atoms with Crippen LogP contribution in [0.5, 0.6) is 0 Å². The Balaban J connectivity index is 2.94. The minimum atomic E-state index is -1.29. The summed E-state index contributed by atoms with van der Waals surface area (Å²) in [6, 6.07) is 6.08. The molecule has 13 heavy (non-hydrogen) atoms. The molecule has 1 heterocycles. The highest BCUT2D eigenvalue weighted by molar-refractivity contribution is 9.10. The molecule has 0 aliphatic rings. The summed E-state index contributed by atoms with van der Waals surface area (Å²) in [5, 5.41) is 16.8. The summed E-state index contributed by atoms with van der Waals surface area (Å²) in [6.07, 6.45) is 0. The maximum atomic E-state index is 11.3. The lowest BCUT2D eigenvalue weighted by Gasteiger charge is -1.93. The maximum absolute atomic E-state index is 11.3. The number of carbonyl (C=O) groups excluding carboxylic acids is 1. The highest BCUT2D eigenvalue weighted by Crippen LogP contribution is 2.16. The van der Waals surface area contributed by atoms with E-state index in [-0.39, 0.29) is 5.76 Å². The minimum absolute atomic E-state index is 0.0139. The number of furan rings is 1. The van der Waals surface area contributed by atoms with Crippen LogP contribution in [-0.2, 0) is 0 Å². The first-order valence-corrected chi connectivity index (χ1v) is 4.07. The Hall–Kier alpha value is -1.59. The molecule has 5 heteroatoms. The van der Waals surface area contributed by atoms with E-state index in [0.717, 1.165) is 0 Å². The molecular formula is C8H3BrN2O2. The largest absolute Gasteiger partial charge is 0.446 e. The van der Waals surface area contributed by atoms with Crippen molar-refractivity contribution in [1.82, 2.24) is 0 Å². The van der Waals surface area contributed by atoms with Crippen LogP contribution in [-0.4, -0.2) is 5.78 Å². The second-order valence-electron chi connectivity index (χ2n) is 2.16. The van der Waals surface area contributed by atoms with E-state index >= 15 is 0 Å². The van der Waals surface area contributed by atoms with Gasteiger partial charge in [-0.15, -0.1) is 0 Å². The average Bonchev–Trinajstić information content (AvgIpc) is 2.54. The number of rotatable bonds is 2. The molecule has 1 aromatic rings. The van der Waals surface area contributed by atoms with Gasteiger partial charge in [-0.1, -0.05) is 0 Å². The number of hydrogen-bond donors (Lipinski definition) is 0. The van der Waals surface area contributed by atoms with Gasteiger partial charge in [0.1, 0.15) is 0 Å². The summed E-state index contributed by atoms with van der Waals surface area (Å²) < 4.78 is 5.29. The van der Waals surface area contributed by atoms with Gasteiger partial charge in [-0.05, 0) is 28.1 Å². The number of Topliss-reactive ketones (excluding diaryl/α,β-unsaturated/α-hetero) is 1. The van der Waals surface area contributed by atoms with Gasteiger partial charge in [-0.25, -0.2) is 0 Å². The van der Waals surface area contributed by atoms with Crippen LogP contribution in [0.4, 0.5) is 0 Å². The van der Waals surface area contributed by atoms with E-state index in [0.29, 0.717) is 4.67 Å². The lowest BCUT2D eigenvalue weighted by molar-refractivity contribution is 0.0942. The lowest BCUT2D eigenvalue weighted by Crippen LogP contribution is -2.09. The molecule has 1 rings (SSSR count). The molecule has 0 amide bonds. The molecule has 0 unspecified atom stereocenters. The van der Waals surface area contributed by atoms with Gasteiger partial charge in [0.05, 0.1) is 12.1 Å². The van der Waals surface area contributed by atoms with E-state index in [1.807, 2.05) is 0 Å². The van der Waals surface area contributed by atoms with Crippen LogP contribution in [0, 0.1) is 28.6 Å². The monoisotopic (exact) mass is 238 g/mol. The normalized spacial score (nSPS) is 9.23. The molecule has 0 aromatic carbocycles. The van der Waals surface area contributed by atoms with Crippen molar-refractivity contribution in [1.29, 1.82) is 10.5 Å². The third kappa shape index (κ3) is 1.95. The molecule has 0 saturated heterocycles. The van der Waals surface area contributed by atoms with Crippen LogP contribution in [0.3, 0.4) is 0 Å². The Kier molecular flexibility index (Phi) is 2.84. The molecule has 0 aliphatic carbocycles. The summed E-state index contributed by atoms with van der Waals surface area (Å²) in [5.41, 5.74) is 0. The molecule has 0 N–H and O–H groups in total. The van der Waals surface area contributed by atoms with Crippen molar-refractivity contribution in [3.05, 3.63) is 22.6 Å². The van der Waals surface area contributed by atoms with Crippen LogP contribution >= 0.6 is 15.9 Å². The first-order valence-electron chi connectivity index (χ1n) is 3.28. The third-order valence-electron chi connectivity index (χ3n) is 1.34. The van der Waals surface area contributed by atoms with Gasteiger partial charge in [0.2, 0.25) is 5.78 Å². The summed E-state index contributed by atoms with van der Waals surface area (Å²) in [7, 11) is 0. The van der Waals surface area contributed by atoms with E-state index < -0.39 is 11.7 Å². The molecular weight excluding hydrogens is 236 g/mol. The first-order chi connectivity index (χ1) is 6.19. The van der Waals surface area contributed by atoms with Crippen LogP contribution in [0.25, 0.3) is 0 Å². The third-order valence-corrected chi connectivity index (χ3v) is 1.76. The van der Waals surface area contributed by atoms with Crippen molar-refractivity contribution in [2.75, 3.05) is 0 Å². The number of halogens is 1. The summed E-state index contributed by atoms with van der Waals surface area (Å²) in [4.78, 5) is 11.3. The van der Waals surface area contributed by atoms with E-state index in [1.54, 1.807) is 12.1 Å². The number of ketones is 1.